The van der Waals surface area contributed by atoms with Crippen LogP contribution in [0.1, 0.15) is 25.8 Å². The zero-order valence-corrected chi connectivity index (χ0v) is 12.4. The van der Waals surface area contributed by atoms with Gasteiger partial charge in [-0.1, -0.05) is 28.1 Å². The van der Waals surface area contributed by atoms with Crippen molar-refractivity contribution in [1.29, 1.82) is 0 Å². The molecule has 1 aliphatic rings. The van der Waals surface area contributed by atoms with Crippen molar-refractivity contribution in [1.82, 2.24) is 4.90 Å². The summed E-state index contributed by atoms with van der Waals surface area (Å²) in [6.45, 7) is 5.41. The Labute approximate surface area is 116 Å². The zero-order valence-electron chi connectivity index (χ0n) is 10.8. The van der Waals surface area contributed by atoms with Crippen LogP contribution < -0.4 is 5.73 Å². The molecule has 1 aromatic rings. The summed E-state index contributed by atoms with van der Waals surface area (Å²) in [6.07, 6.45) is 0.905. The van der Waals surface area contributed by atoms with Crippen molar-refractivity contribution < 1.29 is 4.79 Å². The molecule has 1 aromatic carbocycles. The lowest BCUT2D eigenvalue weighted by molar-refractivity contribution is -0.135. The highest BCUT2D eigenvalue weighted by molar-refractivity contribution is 9.10. The number of carbonyl (C=O) groups excluding carboxylic acids is 1. The number of hydrogen-bond acceptors (Lipinski definition) is 2. The van der Waals surface area contributed by atoms with Gasteiger partial charge in [0.15, 0.2) is 0 Å². The molecule has 1 saturated heterocycles. The van der Waals surface area contributed by atoms with Gasteiger partial charge in [-0.3, -0.25) is 4.79 Å². The quantitative estimate of drug-likeness (QED) is 0.911. The molecule has 0 unspecified atom stereocenters. The van der Waals surface area contributed by atoms with Crippen molar-refractivity contribution in [2.24, 2.45) is 5.73 Å². The first kappa shape index (κ1) is 13.6. The van der Waals surface area contributed by atoms with Crippen LogP contribution in [-0.2, 0) is 10.2 Å². The molecule has 0 saturated carbocycles. The number of hydrogen-bond donors (Lipinski definition) is 1. The molecule has 1 amide bonds. The van der Waals surface area contributed by atoms with E-state index in [1.54, 1.807) is 0 Å². The minimum absolute atomic E-state index is 0.134. The number of nitrogens with zero attached hydrogens (tertiary/aromatic N) is 1. The summed E-state index contributed by atoms with van der Waals surface area (Å²) in [7, 11) is 0. The highest BCUT2D eigenvalue weighted by Crippen LogP contribution is 2.28. The third kappa shape index (κ3) is 2.59. The maximum absolute atomic E-state index is 12.6. The van der Waals surface area contributed by atoms with E-state index in [9.17, 15) is 4.79 Å². The summed E-state index contributed by atoms with van der Waals surface area (Å²) in [4.78, 5) is 14.4. The molecule has 4 heteroatoms. The average Bonchev–Trinajstić information content (AvgIpc) is 2.75. The fraction of sp³-hybridized carbons (Fsp3) is 0.500. The molecule has 18 heavy (non-hydrogen) atoms. The van der Waals surface area contributed by atoms with E-state index in [0.717, 1.165) is 23.0 Å². The van der Waals surface area contributed by atoms with Gasteiger partial charge in [-0.2, -0.15) is 0 Å². The summed E-state index contributed by atoms with van der Waals surface area (Å²) in [5, 5.41) is 0. The van der Waals surface area contributed by atoms with Crippen LogP contribution in [0.5, 0.6) is 0 Å². The molecular formula is C14H19BrN2O. The molecule has 1 heterocycles. The Hall–Kier alpha value is -0.870. The van der Waals surface area contributed by atoms with Gasteiger partial charge in [0.2, 0.25) is 5.91 Å². The SMILES string of the molecule is CC(C)(C(=O)N1CC[C@@H](N)C1)c1ccc(Br)cc1. The number of carbonyl (C=O) groups is 1. The van der Waals surface area contributed by atoms with Crippen LogP contribution in [0.2, 0.25) is 0 Å². The number of halogens is 1. The summed E-state index contributed by atoms with van der Waals surface area (Å²) in [5.41, 5.74) is 6.41. The van der Waals surface area contributed by atoms with Crippen molar-refractivity contribution in [2.75, 3.05) is 13.1 Å². The van der Waals surface area contributed by atoms with Crippen molar-refractivity contribution in [3.05, 3.63) is 34.3 Å². The predicted molar refractivity (Wildman–Crippen MR) is 76.3 cm³/mol. The number of amides is 1. The smallest absolute Gasteiger partial charge is 0.232 e. The summed E-state index contributed by atoms with van der Waals surface area (Å²) >= 11 is 3.41. The van der Waals surface area contributed by atoms with Crippen molar-refractivity contribution in [3.63, 3.8) is 0 Å². The normalized spacial score (nSPS) is 20.2. The largest absolute Gasteiger partial charge is 0.340 e. The lowest BCUT2D eigenvalue weighted by Crippen LogP contribution is -2.43. The van der Waals surface area contributed by atoms with Crippen LogP contribution in [0.15, 0.2) is 28.7 Å². The van der Waals surface area contributed by atoms with E-state index in [4.69, 9.17) is 5.73 Å². The molecule has 0 bridgehead atoms. The van der Waals surface area contributed by atoms with Crippen LogP contribution in [0.3, 0.4) is 0 Å². The van der Waals surface area contributed by atoms with E-state index >= 15 is 0 Å². The first-order valence-electron chi connectivity index (χ1n) is 6.22. The molecule has 2 N–H and O–H groups in total. The average molecular weight is 311 g/mol. The maximum atomic E-state index is 12.6. The molecule has 0 aromatic heterocycles. The Morgan fingerprint density at radius 3 is 2.50 bits per heavy atom. The van der Waals surface area contributed by atoms with Gasteiger partial charge < -0.3 is 10.6 Å². The van der Waals surface area contributed by atoms with Crippen molar-refractivity contribution in [3.8, 4) is 0 Å². The third-order valence-electron chi connectivity index (χ3n) is 3.61. The summed E-state index contributed by atoms with van der Waals surface area (Å²) in [5.74, 6) is 0.165. The monoisotopic (exact) mass is 310 g/mol. The highest BCUT2D eigenvalue weighted by Gasteiger charge is 2.36. The number of nitrogens with two attached hydrogens (primary N) is 1. The Kier molecular flexibility index (Phi) is 3.78. The van der Waals surface area contributed by atoms with Gasteiger partial charge in [-0.25, -0.2) is 0 Å². The molecule has 1 aliphatic heterocycles. The van der Waals surface area contributed by atoms with Crippen LogP contribution in [0.25, 0.3) is 0 Å². The second kappa shape index (κ2) is 5.02. The van der Waals surface area contributed by atoms with Gasteiger partial charge in [-0.15, -0.1) is 0 Å². The fourth-order valence-electron chi connectivity index (χ4n) is 2.36. The Morgan fingerprint density at radius 2 is 2.00 bits per heavy atom. The summed E-state index contributed by atoms with van der Waals surface area (Å²) in [6, 6.07) is 8.07. The first-order chi connectivity index (χ1) is 8.41. The molecule has 98 valence electrons. The molecule has 0 aliphatic carbocycles. The minimum Gasteiger partial charge on any atom is -0.340 e. The molecule has 1 fully saturated rings. The predicted octanol–water partition coefficient (Wildman–Crippen LogP) is 2.29. The van der Waals surface area contributed by atoms with E-state index in [1.165, 1.54) is 0 Å². The first-order valence-corrected chi connectivity index (χ1v) is 7.01. The van der Waals surface area contributed by atoms with Gasteiger partial charge in [0.1, 0.15) is 0 Å². The van der Waals surface area contributed by atoms with E-state index in [1.807, 2.05) is 43.0 Å². The van der Waals surface area contributed by atoms with Gasteiger partial charge >= 0.3 is 0 Å². The molecule has 2 rings (SSSR count). The standard InChI is InChI=1S/C14H19BrN2O/c1-14(2,10-3-5-11(15)6-4-10)13(18)17-8-7-12(16)9-17/h3-6,12H,7-9,16H2,1-2H3/t12-/m1/s1. The van der Waals surface area contributed by atoms with E-state index in [-0.39, 0.29) is 11.9 Å². The molecular weight excluding hydrogens is 292 g/mol. The third-order valence-corrected chi connectivity index (χ3v) is 4.14. The number of rotatable bonds is 2. The zero-order chi connectivity index (χ0) is 13.3. The maximum Gasteiger partial charge on any atom is 0.232 e. The Bertz CT molecular complexity index is 442. The summed E-state index contributed by atoms with van der Waals surface area (Å²) < 4.78 is 1.03. The van der Waals surface area contributed by atoms with E-state index in [2.05, 4.69) is 15.9 Å². The van der Waals surface area contributed by atoms with Gasteiger partial charge in [0, 0.05) is 23.6 Å². The minimum atomic E-state index is -0.495. The van der Waals surface area contributed by atoms with Gasteiger partial charge in [0.25, 0.3) is 0 Å². The Morgan fingerprint density at radius 1 is 1.39 bits per heavy atom. The molecule has 0 radical (unpaired) electrons. The fourth-order valence-corrected chi connectivity index (χ4v) is 2.62. The van der Waals surface area contributed by atoms with Gasteiger partial charge in [0.05, 0.1) is 5.41 Å². The molecule has 0 spiro atoms. The van der Waals surface area contributed by atoms with Crippen molar-refractivity contribution in [2.45, 2.75) is 31.7 Å². The van der Waals surface area contributed by atoms with Crippen molar-refractivity contribution >= 4 is 21.8 Å². The van der Waals surface area contributed by atoms with E-state index in [0.29, 0.717) is 6.54 Å². The van der Waals surface area contributed by atoms with Crippen LogP contribution in [0.4, 0.5) is 0 Å². The molecule has 1 atom stereocenters. The number of likely N-dealkylation sites (tertiary alicyclic amines) is 1. The van der Waals surface area contributed by atoms with Crippen LogP contribution in [-0.4, -0.2) is 29.9 Å². The lowest BCUT2D eigenvalue weighted by Gasteiger charge is -2.29. The van der Waals surface area contributed by atoms with Gasteiger partial charge in [-0.05, 0) is 38.0 Å². The lowest BCUT2D eigenvalue weighted by atomic mass is 9.83. The van der Waals surface area contributed by atoms with E-state index < -0.39 is 5.41 Å². The van der Waals surface area contributed by atoms with Crippen LogP contribution in [0, 0.1) is 0 Å². The topological polar surface area (TPSA) is 46.3 Å². The molecule has 3 nitrogen and oxygen atoms in total. The Balaban J connectivity index is 2.19. The number of benzene rings is 1. The second-order valence-corrected chi connectivity index (χ2v) is 6.35. The second-order valence-electron chi connectivity index (χ2n) is 5.43. The van der Waals surface area contributed by atoms with Crippen LogP contribution >= 0.6 is 15.9 Å². The highest BCUT2D eigenvalue weighted by atomic mass is 79.9.